The molecule has 0 N–H and O–H groups in total. The Labute approximate surface area is 105 Å². The van der Waals surface area contributed by atoms with Gasteiger partial charge in [-0.15, -0.1) is 5.10 Å². The van der Waals surface area contributed by atoms with Crippen molar-refractivity contribution in [2.24, 2.45) is 0 Å². The van der Waals surface area contributed by atoms with E-state index in [1.165, 1.54) is 11.5 Å². The van der Waals surface area contributed by atoms with E-state index < -0.39 is 0 Å². The molecule has 17 heavy (non-hydrogen) atoms. The van der Waals surface area contributed by atoms with Crippen LogP contribution < -0.4 is 0 Å². The van der Waals surface area contributed by atoms with Gasteiger partial charge in [0.05, 0.1) is 5.69 Å². The summed E-state index contributed by atoms with van der Waals surface area (Å²) in [6.07, 6.45) is 0.739. The van der Waals surface area contributed by atoms with Gasteiger partial charge >= 0.3 is 0 Å². The standard InChI is InChI=1S/C13H14N2OS/c1-4-11-13(17-15-14-11)12(16)10-7-5-6-8(2)9(10)3/h5-7H,4H2,1-3H3. The highest BCUT2D eigenvalue weighted by atomic mass is 32.1. The van der Waals surface area contributed by atoms with Gasteiger partial charge in [-0.25, -0.2) is 0 Å². The molecule has 0 amide bonds. The molecule has 0 radical (unpaired) electrons. The summed E-state index contributed by atoms with van der Waals surface area (Å²) >= 11 is 1.18. The summed E-state index contributed by atoms with van der Waals surface area (Å²) in [5.41, 5.74) is 3.71. The summed E-state index contributed by atoms with van der Waals surface area (Å²) in [5, 5.41) is 3.98. The SMILES string of the molecule is CCc1nnsc1C(=O)c1cccc(C)c1C. The van der Waals surface area contributed by atoms with Crippen LogP contribution in [0.3, 0.4) is 0 Å². The molecule has 2 aromatic rings. The minimum atomic E-state index is 0.0399. The van der Waals surface area contributed by atoms with Crippen LogP contribution in [0.4, 0.5) is 0 Å². The molecule has 0 saturated heterocycles. The van der Waals surface area contributed by atoms with Crippen molar-refractivity contribution in [3.63, 3.8) is 0 Å². The molecule has 1 aromatic carbocycles. The van der Waals surface area contributed by atoms with Crippen LogP contribution in [0.2, 0.25) is 0 Å². The van der Waals surface area contributed by atoms with Crippen molar-refractivity contribution in [3.05, 3.63) is 45.5 Å². The molecule has 0 atom stereocenters. The third-order valence-corrected chi connectivity index (χ3v) is 3.71. The zero-order valence-electron chi connectivity index (χ0n) is 10.2. The van der Waals surface area contributed by atoms with E-state index >= 15 is 0 Å². The molecule has 1 aromatic heterocycles. The molecule has 0 fully saturated rings. The summed E-state index contributed by atoms with van der Waals surface area (Å²) in [7, 11) is 0. The number of rotatable bonds is 3. The molecule has 0 aliphatic carbocycles. The minimum absolute atomic E-state index is 0.0399. The second kappa shape index (κ2) is 4.75. The molecule has 1 heterocycles. The maximum absolute atomic E-state index is 12.4. The van der Waals surface area contributed by atoms with E-state index in [9.17, 15) is 4.79 Å². The van der Waals surface area contributed by atoms with Gasteiger partial charge in [0.2, 0.25) is 5.78 Å². The lowest BCUT2D eigenvalue weighted by molar-refractivity contribution is 0.104. The zero-order chi connectivity index (χ0) is 12.4. The molecule has 0 bridgehead atoms. The maximum Gasteiger partial charge on any atom is 0.206 e. The van der Waals surface area contributed by atoms with Crippen molar-refractivity contribution >= 4 is 17.3 Å². The van der Waals surface area contributed by atoms with E-state index in [1.807, 2.05) is 39.0 Å². The van der Waals surface area contributed by atoms with E-state index in [1.54, 1.807) is 0 Å². The highest BCUT2D eigenvalue weighted by molar-refractivity contribution is 7.08. The van der Waals surface area contributed by atoms with Crippen LogP contribution in [-0.4, -0.2) is 15.4 Å². The van der Waals surface area contributed by atoms with E-state index in [-0.39, 0.29) is 5.78 Å². The normalized spacial score (nSPS) is 10.5. The van der Waals surface area contributed by atoms with E-state index in [4.69, 9.17) is 0 Å². The number of carbonyl (C=O) groups excluding carboxylic acids is 1. The van der Waals surface area contributed by atoms with Crippen molar-refractivity contribution in [3.8, 4) is 0 Å². The lowest BCUT2D eigenvalue weighted by Crippen LogP contribution is -2.05. The molecule has 0 spiro atoms. The second-order valence-electron chi connectivity index (χ2n) is 3.98. The van der Waals surface area contributed by atoms with E-state index in [0.29, 0.717) is 4.88 Å². The van der Waals surface area contributed by atoms with Crippen molar-refractivity contribution in [1.29, 1.82) is 0 Å². The Balaban J connectivity index is 2.48. The largest absolute Gasteiger partial charge is 0.288 e. The molecular weight excluding hydrogens is 232 g/mol. The average molecular weight is 246 g/mol. The van der Waals surface area contributed by atoms with Gasteiger partial charge in [-0.2, -0.15) is 0 Å². The average Bonchev–Trinajstić information content (AvgIpc) is 2.80. The van der Waals surface area contributed by atoms with Crippen molar-refractivity contribution in [2.45, 2.75) is 27.2 Å². The zero-order valence-corrected chi connectivity index (χ0v) is 11.0. The molecular formula is C13H14N2OS. The van der Waals surface area contributed by atoms with Crippen molar-refractivity contribution in [1.82, 2.24) is 9.59 Å². The number of benzene rings is 1. The summed E-state index contributed by atoms with van der Waals surface area (Å²) in [6.45, 7) is 5.97. The monoisotopic (exact) mass is 246 g/mol. The quantitative estimate of drug-likeness (QED) is 0.782. The van der Waals surface area contributed by atoms with Gasteiger partial charge in [0, 0.05) is 5.56 Å². The Morgan fingerprint density at radius 2 is 2.12 bits per heavy atom. The van der Waals surface area contributed by atoms with Crippen molar-refractivity contribution in [2.75, 3.05) is 0 Å². The van der Waals surface area contributed by atoms with Gasteiger partial charge in [0.25, 0.3) is 0 Å². The Bertz CT molecular complexity index is 560. The molecule has 0 aliphatic heterocycles. The Morgan fingerprint density at radius 3 is 2.82 bits per heavy atom. The fourth-order valence-electron chi connectivity index (χ4n) is 1.73. The number of hydrogen-bond donors (Lipinski definition) is 0. The molecule has 88 valence electrons. The summed E-state index contributed by atoms with van der Waals surface area (Å²) < 4.78 is 3.86. The number of hydrogen-bond acceptors (Lipinski definition) is 4. The number of carbonyl (C=O) groups is 1. The molecule has 2 rings (SSSR count). The van der Waals surface area contributed by atoms with Crippen LogP contribution in [0, 0.1) is 13.8 Å². The van der Waals surface area contributed by atoms with Gasteiger partial charge in [-0.1, -0.05) is 29.6 Å². The Morgan fingerprint density at radius 1 is 1.35 bits per heavy atom. The maximum atomic E-state index is 12.4. The first-order chi connectivity index (χ1) is 8.15. The molecule has 4 heteroatoms. The van der Waals surface area contributed by atoms with Crippen LogP contribution in [0.1, 0.15) is 39.0 Å². The van der Waals surface area contributed by atoms with Crippen LogP contribution in [-0.2, 0) is 6.42 Å². The Hall–Kier alpha value is -1.55. The van der Waals surface area contributed by atoms with Crippen LogP contribution >= 0.6 is 11.5 Å². The van der Waals surface area contributed by atoms with Crippen LogP contribution in [0.25, 0.3) is 0 Å². The fourth-order valence-corrected chi connectivity index (χ4v) is 2.44. The first-order valence-corrected chi connectivity index (χ1v) is 6.34. The number of aromatic nitrogens is 2. The lowest BCUT2D eigenvalue weighted by atomic mass is 9.99. The number of ketones is 1. The molecule has 0 aliphatic rings. The fraction of sp³-hybridized carbons (Fsp3) is 0.308. The third-order valence-electron chi connectivity index (χ3n) is 2.95. The highest BCUT2D eigenvalue weighted by Crippen LogP contribution is 2.21. The third kappa shape index (κ3) is 2.13. The van der Waals surface area contributed by atoms with Gasteiger partial charge < -0.3 is 0 Å². The molecule has 0 saturated carbocycles. The van der Waals surface area contributed by atoms with Crippen LogP contribution in [0.15, 0.2) is 18.2 Å². The van der Waals surface area contributed by atoms with Crippen LogP contribution in [0.5, 0.6) is 0 Å². The number of nitrogens with zero attached hydrogens (tertiary/aromatic N) is 2. The van der Waals surface area contributed by atoms with Gasteiger partial charge in [0.15, 0.2) is 0 Å². The smallest absolute Gasteiger partial charge is 0.206 e. The Kier molecular flexibility index (Phi) is 3.33. The predicted molar refractivity (Wildman–Crippen MR) is 68.6 cm³/mol. The van der Waals surface area contributed by atoms with E-state index in [0.717, 1.165) is 28.8 Å². The first-order valence-electron chi connectivity index (χ1n) is 5.57. The summed E-state index contributed by atoms with van der Waals surface area (Å²) in [5.74, 6) is 0.0399. The summed E-state index contributed by atoms with van der Waals surface area (Å²) in [4.78, 5) is 13.1. The van der Waals surface area contributed by atoms with Crippen molar-refractivity contribution < 1.29 is 4.79 Å². The molecule has 0 unspecified atom stereocenters. The topological polar surface area (TPSA) is 42.9 Å². The summed E-state index contributed by atoms with van der Waals surface area (Å²) in [6, 6.07) is 5.79. The lowest BCUT2D eigenvalue weighted by Gasteiger charge is -2.06. The minimum Gasteiger partial charge on any atom is -0.288 e. The van der Waals surface area contributed by atoms with E-state index in [2.05, 4.69) is 9.59 Å². The second-order valence-corrected chi connectivity index (χ2v) is 4.73. The van der Waals surface area contributed by atoms with Gasteiger partial charge in [-0.3, -0.25) is 4.79 Å². The predicted octanol–water partition coefficient (Wildman–Crippen LogP) is 2.95. The number of aryl methyl sites for hydroxylation is 2. The first kappa shape index (κ1) is 11.9. The van der Waals surface area contributed by atoms with Gasteiger partial charge in [0.1, 0.15) is 4.88 Å². The highest BCUT2D eigenvalue weighted by Gasteiger charge is 2.18. The molecule has 3 nitrogen and oxygen atoms in total. The van der Waals surface area contributed by atoms with Gasteiger partial charge in [-0.05, 0) is 42.9 Å².